The van der Waals surface area contributed by atoms with Crippen molar-refractivity contribution in [1.29, 1.82) is 0 Å². The van der Waals surface area contributed by atoms with Gasteiger partial charge >= 0.3 is 0 Å². The van der Waals surface area contributed by atoms with Crippen molar-refractivity contribution in [2.24, 2.45) is 0 Å². The number of rotatable bonds is 3. The topological polar surface area (TPSA) is 62.2 Å². The van der Waals surface area contributed by atoms with Crippen LogP contribution in [0.15, 0.2) is 24.4 Å². The lowest BCUT2D eigenvalue weighted by molar-refractivity contribution is -0.131. The second-order valence-electron chi connectivity index (χ2n) is 7.67. The molecule has 0 aliphatic carbocycles. The van der Waals surface area contributed by atoms with Gasteiger partial charge in [-0.25, -0.2) is 9.97 Å². The number of likely N-dealkylation sites (tertiary alicyclic amines) is 1. The van der Waals surface area contributed by atoms with Gasteiger partial charge in [-0.05, 0) is 44.7 Å². The summed E-state index contributed by atoms with van der Waals surface area (Å²) in [5.41, 5.74) is 3.21. The van der Waals surface area contributed by atoms with Crippen LogP contribution < -0.4 is 4.90 Å². The van der Waals surface area contributed by atoms with Crippen LogP contribution in [0.25, 0.3) is 0 Å². The van der Waals surface area contributed by atoms with E-state index in [0.29, 0.717) is 13.0 Å². The predicted octanol–water partition coefficient (Wildman–Crippen LogP) is 2.51. The number of aromatic nitrogens is 3. The summed E-state index contributed by atoms with van der Waals surface area (Å²) >= 11 is 0. The minimum absolute atomic E-state index is 0.144. The molecule has 1 atom stereocenters. The number of amides is 1. The molecule has 0 saturated carbocycles. The Hall–Kier alpha value is -2.50. The number of piperidine rings is 1. The number of nitrogens with zero attached hydrogens (tertiary/aromatic N) is 5. The highest BCUT2D eigenvalue weighted by Crippen LogP contribution is 2.31. The lowest BCUT2D eigenvalue weighted by atomic mass is 9.95. The van der Waals surface area contributed by atoms with E-state index >= 15 is 0 Å². The van der Waals surface area contributed by atoms with Crippen molar-refractivity contribution in [2.45, 2.75) is 44.9 Å². The van der Waals surface area contributed by atoms with E-state index in [1.807, 2.05) is 23.1 Å². The first-order valence-electron chi connectivity index (χ1n) is 9.88. The van der Waals surface area contributed by atoms with Crippen LogP contribution in [0.3, 0.4) is 0 Å². The highest BCUT2D eigenvalue weighted by Gasteiger charge is 2.29. The number of anilines is 1. The first-order chi connectivity index (χ1) is 13.1. The number of fused-ring (bicyclic) bond motifs is 1. The Labute approximate surface area is 160 Å². The van der Waals surface area contributed by atoms with E-state index in [2.05, 4.69) is 23.9 Å². The van der Waals surface area contributed by atoms with E-state index in [1.165, 1.54) is 5.56 Å². The van der Waals surface area contributed by atoms with Crippen LogP contribution in [0.5, 0.6) is 0 Å². The SMILES string of the molecule is Cc1nc([C@H]2CCCN(C(=O)Cc3ccccn3)C2)nc2c1CCCN2C. The molecule has 2 aromatic heterocycles. The van der Waals surface area contributed by atoms with Crippen molar-refractivity contribution in [1.82, 2.24) is 19.9 Å². The van der Waals surface area contributed by atoms with Gasteiger partial charge < -0.3 is 9.80 Å². The van der Waals surface area contributed by atoms with Crippen molar-refractivity contribution in [2.75, 3.05) is 31.6 Å². The normalized spacial score (nSPS) is 19.7. The van der Waals surface area contributed by atoms with Gasteiger partial charge in [0.05, 0.1) is 6.42 Å². The molecule has 2 aliphatic heterocycles. The van der Waals surface area contributed by atoms with Gasteiger partial charge in [0.1, 0.15) is 11.6 Å². The zero-order valence-electron chi connectivity index (χ0n) is 16.2. The van der Waals surface area contributed by atoms with Gasteiger partial charge in [0, 0.05) is 55.7 Å². The van der Waals surface area contributed by atoms with Gasteiger partial charge in [-0.2, -0.15) is 0 Å². The predicted molar refractivity (Wildman–Crippen MR) is 105 cm³/mol. The van der Waals surface area contributed by atoms with Gasteiger partial charge in [0.2, 0.25) is 5.91 Å². The number of pyridine rings is 1. The maximum atomic E-state index is 12.7. The van der Waals surface area contributed by atoms with Gasteiger partial charge in [-0.3, -0.25) is 9.78 Å². The first-order valence-corrected chi connectivity index (χ1v) is 9.88. The second kappa shape index (κ2) is 7.62. The molecule has 1 fully saturated rings. The van der Waals surface area contributed by atoms with Crippen LogP contribution in [-0.4, -0.2) is 52.4 Å². The van der Waals surface area contributed by atoms with Crippen molar-refractivity contribution in [3.05, 3.63) is 47.2 Å². The number of aryl methyl sites for hydroxylation is 1. The Morgan fingerprint density at radius 3 is 2.93 bits per heavy atom. The number of hydrogen-bond donors (Lipinski definition) is 0. The van der Waals surface area contributed by atoms with E-state index in [0.717, 1.165) is 61.8 Å². The van der Waals surface area contributed by atoms with Crippen molar-refractivity contribution < 1.29 is 4.79 Å². The van der Waals surface area contributed by atoms with Crippen LogP contribution in [0.4, 0.5) is 5.82 Å². The van der Waals surface area contributed by atoms with E-state index in [1.54, 1.807) is 6.20 Å². The summed E-state index contributed by atoms with van der Waals surface area (Å²) in [7, 11) is 2.11. The van der Waals surface area contributed by atoms with Crippen LogP contribution in [0.1, 0.15) is 48.0 Å². The van der Waals surface area contributed by atoms with Crippen LogP contribution >= 0.6 is 0 Å². The highest BCUT2D eigenvalue weighted by atomic mass is 16.2. The van der Waals surface area contributed by atoms with Gasteiger partial charge in [-0.15, -0.1) is 0 Å². The molecule has 0 spiro atoms. The van der Waals surface area contributed by atoms with Crippen LogP contribution in [0, 0.1) is 6.92 Å². The summed E-state index contributed by atoms with van der Waals surface area (Å²) in [6.07, 6.45) is 6.35. The van der Waals surface area contributed by atoms with Crippen LogP contribution in [0.2, 0.25) is 0 Å². The fraction of sp³-hybridized carbons (Fsp3) is 0.524. The van der Waals surface area contributed by atoms with E-state index < -0.39 is 0 Å². The summed E-state index contributed by atoms with van der Waals surface area (Å²) in [5.74, 6) is 2.34. The average molecular weight is 365 g/mol. The third kappa shape index (κ3) is 3.80. The maximum absolute atomic E-state index is 12.7. The Bertz CT molecular complexity index is 823. The van der Waals surface area contributed by atoms with Gasteiger partial charge in [0.25, 0.3) is 0 Å². The number of carbonyl (C=O) groups is 1. The van der Waals surface area contributed by atoms with Crippen molar-refractivity contribution >= 4 is 11.7 Å². The fourth-order valence-electron chi connectivity index (χ4n) is 4.18. The number of carbonyl (C=O) groups excluding carboxylic acids is 1. The Balaban J connectivity index is 1.51. The molecule has 0 radical (unpaired) electrons. The van der Waals surface area contributed by atoms with Gasteiger partial charge in [-0.1, -0.05) is 6.07 Å². The molecule has 0 aromatic carbocycles. The van der Waals surface area contributed by atoms with Gasteiger partial charge in [0.15, 0.2) is 0 Å². The second-order valence-corrected chi connectivity index (χ2v) is 7.67. The summed E-state index contributed by atoms with van der Waals surface area (Å²) in [6, 6.07) is 5.71. The monoisotopic (exact) mass is 365 g/mol. The molecule has 0 N–H and O–H groups in total. The average Bonchev–Trinajstić information content (AvgIpc) is 2.69. The van der Waals surface area contributed by atoms with Crippen molar-refractivity contribution in [3.63, 3.8) is 0 Å². The molecular formula is C21H27N5O. The molecule has 4 rings (SSSR count). The lowest BCUT2D eigenvalue weighted by Gasteiger charge is -2.33. The quantitative estimate of drug-likeness (QED) is 0.836. The standard InChI is InChI=1S/C21H27N5O/c1-15-18-9-6-11-25(2)21(18)24-20(23-15)16-7-5-12-26(14-16)19(27)13-17-8-3-4-10-22-17/h3-4,8,10,16H,5-7,9,11-14H2,1-2H3/t16-/m0/s1. The molecule has 2 aliphatic rings. The number of hydrogen-bond acceptors (Lipinski definition) is 5. The molecule has 142 valence electrons. The Kier molecular flexibility index (Phi) is 5.05. The maximum Gasteiger partial charge on any atom is 0.228 e. The molecule has 4 heterocycles. The molecule has 0 unspecified atom stereocenters. The molecular weight excluding hydrogens is 338 g/mol. The zero-order chi connectivity index (χ0) is 18.8. The largest absolute Gasteiger partial charge is 0.359 e. The summed E-state index contributed by atoms with van der Waals surface area (Å²) in [5, 5.41) is 0. The summed E-state index contributed by atoms with van der Waals surface area (Å²) in [4.78, 5) is 31.0. The molecule has 0 bridgehead atoms. The molecule has 6 heteroatoms. The zero-order valence-corrected chi connectivity index (χ0v) is 16.2. The van der Waals surface area contributed by atoms with Crippen molar-refractivity contribution in [3.8, 4) is 0 Å². The van der Waals surface area contributed by atoms with E-state index in [-0.39, 0.29) is 11.8 Å². The first kappa shape index (κ1) is 17.9. The molecule has 2 aromatic rings. The minimum atomic E-state index is 0.144. The Morgan fingerprint density at radius 1 is 1.22 bits per heavy atom. The minimum Gasteiger partial charge on any atom is -0.359 e. The van der Waals surface area contributed by atoms with Crippen LogP contribution in [-0.2, 0) is 17.6 Å². The summed E-state index contributed by atoms with van der Waals surface area (Å²) < 4.78 is 0. The molecule has 6 nitrogen and oxygen atoms in total. The molecule has 27 heavy (non-hydrogen) atoms. The molecule has 1 saturated heterocycles. The smallest absolute Gasteiger partial charge is 0.228 e. The molecule has 1 amide bonds. The third-order valence-corrected chi connectivity index (χ3v) is 5.69. The van der Waals surface area contributed by atoms with E-state index in [9.17, 15) is 4.79 Å². The fourth-order valence-corrected chi connectivity index (χ4v) is 4.18. The lowest BCUT2D eigenvalue weighted by Crippen LogP contribution is -2.40. The summed E-state index contributed by atoms with van der Waals surface area (Å²) in [6.45, 7) is 4.65. The Morgan fingerprint density at radius 2 is 2.11 bits per heavy atom. The third-order valence-electron chi connectivity index (χ3n) is 5.69. The van der Waals surface area contributed by atoms with E-state index in [4.69, 9.17) is 9.97 Å². The highest BCUT2D eigenvalue weighted by molar-refractivity contribution is 5.78.